The van der Waals surface area contributed by atoms with Crippen molar-refractivity contribution in [1.82, 2.24) is 29.6 Å². The molecule has 4 amide bonds. The van der Waals surface area contributed by atoms with Crippen LogP contribution in [-0.2, 0) is 83.0 Å². The van der Waals surface area contributed by atoms with Crippen molar-refractivity contribution in [2.75, 3.05) is 28.2 Å². The van der Waals surface area contributed by atoms with Crippen LogP contribution in [-0.4, -0.2) is 154 Å². The predicted molar refractivity (Wildman–Crippen MR) is 325 cm³/mol. The molecule has 2 aromatic heterocycles. The fourth-order valence-corrected chi connectivity index (χ4v) is 10.8. The molecule has 1 aliphatic rings. The lowest BCUT2D eigenvalue weighted by Crippen LogP contribution is -2.55. The van der Waals surface area contributed by atoms with Gasteiger partial charge in [-0.05, 0) is 141 Å². The first kappa shape index (κ1) is 68.2. The molecule has 0 spiro atoms. The quantitative estimate of drug-likeness (QED) is 0.0582. The SMILES string of the molecule is CC(C)C[C@H]1C(=O)O[C@H](Cc2ccc(Cc3cccnc3Br)cc2)C(=O)N(C)[C@@H](CC(C)C)C(=O)O[C@H](C)C(=O)N(C)[C@@H](CC(C)C)C(=O)O[C@H](Cc2ccc(Cc3cccnc3Br)cc2)C(=O)N(C)[C@@H](CC(C)C)C(=O)O[C@H](C)C(=O)N1C. The second-order valence-electron chi connectivity index (χ2n) is 23.7. The zero-order chi connectivity index (χ0) is 62.3. The van der Waals surface area contributed by atoms with Crippen LogP contribution in [0.5, 0.6) is 0 Å². The number of carbonyl (C=O) groups is 8. The summed E-state index contributed by atoms with van der Waals surface area (Å²) in [5.74, 6) is -7.46. The van der Waals surface area contributed by atoms with Gasteiger partial charge in [0.25, 0.3) is 23.6 Å². The monoisotopic (exact) mass is 1290 g/mol. The lowest BCUT2D eigenvalue weighted by atomic mass is 9.99. The Morgan fingerprint density at radius 1 is 0.405 bits per heavy atom. The van der Waals surface area contributed by atoms with Crippen LogP contribution in [0.25, 0.3) is 0 Å². The minimum Gasteiger partial charge on any atom is -0.451 e. The molecule has 84 heavy (non-hydrogen) atoms. The second-order valence-corrected chi connectivity index (χ2v) is 25.2. The molecule has 4 aromatic rings. The number of cyclic esters (lactones) is 4. The Hall–Kier alpha value is -6.54. The van der Waals surface area contributed by atoms with Crippen molar-refractivity contribution in [2.45, 2.75) is 169 Å². The maximum atomic E-state index is 15.1. The zero-order valence-corrected chi connectivity index (χ0v) is 54.2. The summed E-state index contributed by atoms with van der Waals surface area (Å²) < 4.78 is 25.7. The lowest BCUT2D eigenvalue weighted by molar-refractivity contribution is -0.176. The van der Waals surface area contributed by atoms with Crippen molar-refractivity contribution >= 4 is 79.4 Å². The number of halogens is 2. The van der Waals surface area contributed by atoms with Gasteiger partial charge in [0.2, 0.25) is 0 Å². The normalized spacial score (nSPS) is 22.6. The highest BCUT2D eigenvalue weighted by Crippen LogP contribution is 2.26. The van der Waals surface area contributed by atoms with Crippen LogP contribution in [0, 0.1) is 23.7 Å². The van der Waals surface area contributed by atoms with Gasteiger partial charge in [0.05, 0.1) is 0 Å². The number of pyridine rings is 2. The Bertz CT molecular complexity index is 2710. The van der Waals surface area contributed by atoms with Crippen LogP contribution in [0.2, 0.25) is 0 Å². The van der Waals surface area contributed by atoms with E-state index in [0.29, 0.717) is 33.2 Å². The first-order valence-electron chi connectivity index (χ1n) is 28.8. The molecule has 0 bridgehead atoms. The van der Waals surface area contributed by atoms with Gasteiger partial charge in [-0.15, -0.1) is 0 Å². The molecule has 1 saturated heterocycles. The van der Waals surface area contributed by atoms with Crippen LogP contribution in [0.4, 0.5) is 0 Å². The summed E-state index contributed by atoms with van der Waals surface area (Å²) in [5, 5.41) is 0. The van der Waals surface area contributed by atoms with Crippen LogP contribution in [0.15, 0.2) is 94.4 Å². The van der Waals surface area contributed by atoms with Crippen molar-refractivity contribution in [3.8, 4) is 0 Å². The fourth-order valence-electron chi connectivity index (χ4n) is 10.0. The summed E-state index contributed by atoms with van der Waals surface area (Å²) in [7, 11) is 5.58. The third-order valence-corrected chi connectivity index (χ3v) is 16.3. The molecule has 0 aliphatic carbocycles. The summed E-state index contributed by atoms with van der Waals surface area (Å²) in [5.41, 5.74) is 5.03. The van der Waals surface area contributed by atoms with Gasteiger partial charge in [-0.2, -0.15) is 0 Å². The van der Waals surface area contributed by atoms with Gasteiger partial charge in [0, 0.05) is 66.3 Å². The number of carbonyl (C=O) groups excluding carboxylic acids is 8. The first-order valence-corrected chi connectivity index (χ1v) is 30.4. The Kier molecular flexibility index (Phi) is 25.6. The molecule has 0 unspecified atom stereocenters. The van der Waals surface area contributed by atoms with Crippen LogP contribution < -0.4 is 0 Å². The topological polar surface area (TPSA) is 212 Å². The zero-order valence-electron chi connectivity index (χ0n) is 51.0. The number of likely N-dealkylation sites (N-methyl/N-ethyl adjacent to an activating group) is 4. The number of aromatic nitrogens is 2. The number of nitrogens with zero attached hydrogens (tertiary/aromatic N) is 6. The average Bonchev–Trinajstić information content (AvgIpc) is 3.44. The molecule has 456 valence electrons. The van der Waals surface area contributed by atoms with Gasteiger partial charge in [0.1, 0.15) is 33.4 Å². The van der Waals surface area contributed by atoms with Crippen molar-refractivity contribution in [3.63, 3.8) is 0 Å². The molecule has 5 rings (SSSR count). The number of benzene rings is 2. The van der Waals surface area contributed by atoms with E-state index in [9.17, 15) is 28.8 Å². The van der Waals surface area contributed by atoms with Crippen molar-refractivity contribution < 1.29 is 57.3 Å². The highest BCUT2D eigenvalue weighted by atomic mass is 79.9. The highest BCUT2D eigenvalue weighted by Gasteiger charge is 2.43. The standard InChI is InChI=1S/C64H84Br2N6O12/c1-37(2)29-49-61(77)81-41(9)57(73)69(11)52(32-40(7)8)64(80)84-54(36-46-25-21-44(22-26-46)34-48-18-16-28-68-56(48)66)60(76)72(14)50(30-38(3)4)62(78)82-42(10)58(74)70(12)51(31-39(5)6)63(79)83-53(59(75)71(49)13)35-45-23-19-43(20-24-45)33-47-17-15-27-67-55(47)65/h15-28,37-42,49-54H,29-36H2,1-14H3/t41-,42-,49+,50+,51+,52+,53-,54-/m1/s1. The van der Waals surface area contributed by atoms with E-state index in [1.54, 1.807) is 12.4 Å². The van der Waals surface area contributed by atoms with E-state index in [0.717, 1.165) is 41.9 Å². The van der Waals surface area contributed by atoms with E-state index in [2.05, 4.69) is 41.8 Å². The largest absolute Gasteiger partial charge is 0.451 e. The van der Waals surface area contributed by atoms with Gasteiger partial charge in [0.15, 0.2) is 24.4 Å². The number of esters is 4. The second kappa shape index (κ2) is 31.6. The number of amides is 4. The average molecular weight is 1290 g/mol. The summed E-state index contributed by atoms with van der Waals surface area (Å²) in [6, 6.07) is 17.3. The van der Waals surface area contributed by atoms with E-state index in [1.807, 2.05) is 128 Å². The summed E-state index contributed by atoms with van der Waals surface area (Å²) in [6.45, 7) is 17.6. The molecule has 2 aromatic carbocycles. The van der Waals surface area contributed by atoms with Crippen LogP contribution >= 0.6 is 31.9 Å². The minimum absolute atomic E-state index is 0.0795. The maximum Gasteiger partial charge on any atom is 0.329 e. The molecule has 1 fully saturated rings. The summed E-state index contributed by atoms with van der Waals surface area (Å²) >= 11 is 7.02. The smallest absolute Gasteiger partial charge is 0.329 e. The summed E-state index contributed by atoms with van der Waals surface area (Å²) in [6.07, 6.45) is -1.53. The van der Waals surface area contributed by atoms with E-state index in [4.69, 9.17) is 18.9 Å². The summed E-state index contributed by atoms with van der Waals surface area (Å²) in [4.78, 5) is 131. The molecule has 0 radical (unpaired) electrons. The fraction of sp³-hybridized carbons (Fsp3) is 0.531. The number of hydrogen-bond donors (Lipinski definition) is 0. The Balaban J connectivity index is 1.59. The number of hydrogen-bond acceptors (Lipinski definition) is 14. The van der Waals surface area contributed by atoms with Gasteiger partial charge in [-0.1, -0.05) is 116 Å². The van der Waals surface area contributed by atoms with E-state index in [-0.39, 0.29) is 62.2 Å². The van der Waals surface area contributed by atoms with Crippen molar-refractivity contribution in [1.29, 1.82) is 0 Å². The van der Waals surface area contributed by atoms with E-state index in [1.165, 1.54) is 42.0 Å². The molecule has 1 aliphatic heterocycles. The van der Waals surface area contributed by atoms with Crippen molar-refractivity contribution in [2.24, 2.45) is 23.7 Å². The third kappa shape index (κ3) is 19.2. The molecule has 18 nitrogen and oxygen atoms in total. The van der Waals surface area contributed by atoms with E-state index < -0.39 is 96.1 Å². The maximum absolute atomic E-state index is 15.1. The molecular formula is C64H84Br2N6O12. The predicted octanol–water partition coefficient (Wildman–Crippen LogP) is 9.16. The minimum atomic E-state index is -1.54. The first-order chi connectivity index (χ1) is 39.6. The molecule has 0 saturated carbocycles. The third-order valence-electron chi connectivity index (χ3n) is 14.8. The van der Waals surface area contributed by atoms with Gasteiger partial charge >= 0.3 is 23.9 Å². The van der Waals surface area contributed by atoms with E-state index >= 15 is 9.59 Å². The number of rotatable bonds is 16. The molecule has 3 heterocycles. The Morgan fingerprint density at radius 2 is 0.667 bits per heavy atom. The Morgan fingerprint density at radius 3 is 0.940 bits per heavy atom. The van der Waals surface area contributed by atoms with Gasteiger partial charge < -0.3 is 38.5 Å². The van der Waals surface area contributed by atoms with Gasteiger partial charge in [-0.25, -0.2) is 29.1 Å². The van der Waals surface area contributed by atoms with Crippen LogP contribution in [0.3, 0.4) is 0 Å². The molecule has 8 atom stereocenters. The van der Waals surface area contributed by atoms with Gasteiger partial charge in [-0.3, -0.25) is 19.2 Å². The molecule has 0 N–H and O–H groups in total. The number of ether oxygens (including phenoxy) is 4. The molecular weight excluding hydrogens is 1200 g/mol. The Labute approximate surface area is 512 Å². The van der Waals surface area contributed by atoms with Crippen molar-refractivity contribution in [3.05, 3.63) is 128 Å². The highest BCUT2D eigenvalue weighted by molar-refractivity contribution is 9.10. The van der Waals surface area contributed by atoms with Crippen LogP contribution in [0.1, 0.15) is 128 Å². The lowest BCUT2D eigenvalue weighted by Gasteiger charge is -2.35. The molecule has 20 heteroatoms.